The molecule has 1 aromatic carbocycles. The van der Waals surface area contributed by atoms with Crippen molar-refractivity contribution in [3.63, 3.8) is 0 Å². The molecule has 2 saturated heterocycles. The smallest absolute Gasteiger partial charge is 0.264 e. The third kappa shape index (κ3) is 4.09. The molecule has 3 fully saturated rings. The molecule has 0 N–H and O–H groups in total. The topological polar surface area (TPSA) is 23.6 Å². The molecule has 2 aromatic rings. The van der Waals surface area contributed by atoms with Gasteiger partial charge in [0.1, 0.15) is 0 Å². The summed E-state index contributed by atoms with van der Waals surface area (Å²) in [5.41, 5.74) is 3.86. The number of likely N-dealkylation sites (tertiary alicyclic amines) is 2. The fraction of sp³-hybridized carbons (Fsp3) is 0.577. The van der Waals surface area contributed by atoms with E-state index in [1.54, 1.807) is 11.3 Å². The average Bonchev–Trinajstić information content (AvgIpc) is 3.55. The highest BCUT2D eigenvalue weighted by Crippen LogP contribution is 2.36. The minimum absolute atomic E-state index is 0.229. The van der Waals surface area contributed by atoms with Crippen LogP contribution in [0, 0.1) is 6.92 Å². The molecule has 2 aliphatic heterocycles. The van der Waals surface area contributed by atoms with Crippen LogP contribution in [0.4, 0.5) is 0 Å². The minimum Gasteiger partial charge on any atom is -0.338 e. The van der Waals surface area contributed by atoms with Crippen molar-refractivity contribution in [2.45, 2.75) is 70.3 Å². The number of hydrogen-bond donors (Lipinski definition) is 0. The van der Waals surface area contributed by atoms with Crippen molar-refractivity contribution in [1.82, 2.24) is 9.80 Å². The summed E-state index contributed by atoms with van der Waals surface area (Å²) in [7, 11) is 0. The Balaban J connectivity index is 1.24. The maximum absolute atomic E-state index is 12.8. The molecule has 0 unspecified atom stereocenters. The Morgan fingerprint density at radius 3 is 2.23 bits per heavy atom. The van der Waals surface area contributed by atoms with E-state index in [0.717, 1.165) is 42.4 Å². The fourth-order valence-electron chi connectivity index (χ4n) is 5.69. The molecule has 3 nitrogen and oxygen atoms in total. The first-order valence-corrected chi connectivity index (χ1v) is 12.7. The Bertz CT molecular complexity index is 867. The van der Waals surface area contributed by atoms with Crippen LogP contribution in [0.5, 0.6) is 0 Å². The molecule has 0 atom stereocenters. The van der Waals surface area contributed by atoms with Gasteiger partial charge in [-0.3, -0.25) is 4.79 Å². The molecule has 30 heavy (non-hydrogen) atoms. The fourth-order valence-corrected chi connectivity index (χ4v) is 6.83. The van der Waals surface area contributed by atoms with E-state index < -0.39 is 0 Å². The van der Waals surface area contributed by atoms with Gasteiger partial charge in [-0.05, 0) is 87.2 Å². The van der Waals surface area contributed by atoms with Crippen molar-refractivity contribution in [2.75, 3.05) is 26.2 Å². The maximum Gasteiger partial charge on any atom is 0.264 e. The second kappa shape index (κ2) is 8.84. The van der Waals surface area contributed by atoms with E-state index in [1.807, 2.05) is 4.90 Å². The molecule has 1 amide bonds. The van der Waals surface area contributed by atoms with Gasteiger partial charge in [0, 0.05) is 24.0 Å². The van der Waals surface area contributed by atoms with Crippen LogP contribution in [0.15, 0.2) is 30.3 Å². The summed E-state index contributed by atoms with van der Waals surface area (Å²) in [6.45, 7) is 6.45. The molecule has 1 aliphatic carbocycles. The molecule has 0 bridgehead atoms. The van der Waals surface area contributed by atoms with Crippen molar-refractivity contribution >= 4 is 17.2 Å². The highest BCUT2D eigenvalue weighted by molar-refractivity contribution is 7.17. The van der Waals surface area contributed by atoms with Gasteiger partial charge in [-0.2, -0.15) is 0 Å². The van der Waals surface area contributed by atoms with Crippen molar-refractivity contribution in [3.8, 4) is 10.4 Å². The van der Waals surface area contributed by atoms with Gasteiger partial charge >= 0.3 is 0 Å². The zero-order chi connectivity index (χ0) is 20.5. The molecule has 3 heterocycles. The predicted octanol–water partition coefficient (Wildman–Crippen LogP) is 6.08. The number of carbonyl (C=O) groups is 1. The average molecular weight is 423 g/mol. The van der Waals surface area contributed by atoms with Crippen molar-refractivity contribution < 1.29 is 4.79 Å². The lowest BCUT2D eigenvalue weighted by Crippen LogP contribution is -2.39. The lowest BCUT2D eigenvalue weighted by Gasteiger charge is -2.36. The number of rotatable bonds is 4. The predicted molar refractivity (Wildman–Crippen MR) is 125 cm³/mol. The van der Waals surface area contributed by atoms with Crippen LogP contribution >= 0.6 is 11.3 Å². The van der Waals surface area contributed by atoms with Crippen LogP contribution in [0.25, 0.3) is 10.4 Å². The van der Waals surface area contributed by atoms with Crippen LogP contribution in [-0.2, 0) is 0 Å². The van der Waals surface area contributed by atoms with Gasteiger partial charge in [0.05, 0.1) is 4.88 Å². The van der Waals surface area contributed by atoms with Gasteiger partial charge in [0.25, 0.3) is 5.91 Å². The van der Waals surface area contributed by atoms with Crippen LogP contribution in [-0.4, -0.2) is 47.9 Å². The third-order valence-electron chi connectivity index (χ3n) is 7.54. The summed E-state index contributed by atoms with van der Waals surface area (Å²) in [5, 5.41) is 0. The van der Waals surface area contributed by atoms with Crippen molar-refractivity contribution in [1.29, 1.82) is 0 Å². The lowest BCUT2D eigenvalue weighted by molar-refractivity contribution is 0.0797. The highest BCUT2D eigenvalue weighted by Gasteiger charge is 2.28. The zero-order valence-corrected chi connectivity index (χ0v) is 19.1. The molecule has 1 aromatic heterocycles. The summed E-state index contributed by atoms with van der Waals surface area (Å²) < 4.78 is 0. The second-order valence-electron chi connectivity index (χ2n) is 9.49. The van der Waals surface area contributed by atoms with Crippen LogP contribution < -0.4 is 0 Å². The summed E-state index contributed by atoms with van der Waals surface area (Å²) in [6.07, 6.45) is 10.6. The van der Waals surface area contributed by atoms with Gasteiger partial charge in [-0.1, -0.05) is 37.1 Å². The van der Waals surface area contributed by atoms with E-state index in [-0.39, 0.29) is 5.91 Å². The number of thiophene rings is 1. The summed E-state index contributed by atoms with van der Waals surface area (Å²) in [5.74, 6) is 0.931. The number of aryl methyl sites for hydroxylation is 1. The second-order valence-corrected chi connectivity index (χ2v) is 10.5. The van der Waals surface area contributed by atoms with Gasteiger partial charge in [-0.25, -0.2) is 0 Å². The highest BCUT2D eigenvalue weighted by atomic mass is 32.1. The Morgan fingerprint density at radius 2 is 1.57 bits per heavy atom. The Labute approximate surface area is 185 Å². The summed E-state index contributed by atoms with van der Waals surface area (Å²) in [6, 6.07) is 12.3. The molecular weight excluding hydrogens is 388 g/mol. The molecule has 160 valence electrons. The Hall–Kier alpha value is -1.65. The summed E-state index contributed by atoms with van der Waals surface area (Å²) >= 11 is 1.67. The maximum atomic E-state index is 12.8. The molecular formula is C26H34N2OS. The number of benzene rings is 1. The first kappa shape index (κ1) is 20.3. The first-order chi connectivity index (χ1) is 14.7. The number of piperidine rings is 1. The normalized spacial score (nSPS) is 21.6. The van der Waals surface area contributed by atoms with Gasteiger partial charge in [-0.15, -0.1) is 11.3 Å². The SMILES string of the molecule is Cc1cc(-c2ccc(C3CCN(C4CCCC4)CC3)cc2)sc1C(=O)N1CCCC1. The van der Waals surface area contributed by atoms with Crippen LogP contribution in [0.2, 0.25) is 0 Å². The van der Waals surface area contributed by atoms with E-state index in [9.17, 15) is 4.79 Å². The van der Waals surface area contributed by atoms with E-state index in [1.165, 1.54) is 67.6 Å². The quantitative estimate of drug-likeness (QED) is 0.596. The first-order valence-electron chi connectivity index (χ1n) is 11.9. The number of nitrogens with zero attached hydrogens (tertiary/aromatic N) is 2. The largest absolute Gasteiger partial charge is 0.338 e. The molecule has 0 spiro atoms. The number of hydrogen-bond acceptors (Lipinski definition) is 3. The molecule has 4 heteroatoms. The summed E-state index contributed by atoms with van der Waals surface area (Å²) in [4.78, 5) is 19.7. The van der Waals surface area contributed by atoms with E-state index in [4.69, 9.17) is 0 Å². The molecule has 3 aliphatic rings. The molecule has 5 rings (SSSR count). The van der Waals surface area contributed by atoms with Crippen LogP contribution in [0.3, 0.4) is 0 Å². The van der Waals surface area contributed by atoms with Crippen molar-refractivity contribution in [2.24, 2.45) is 0 Å². The number of amides is 1. The monoisotopic (exact) mass is 422 g/mol. The molecule has 0 radical (unpaired) electrons. The van der Waals surface area contributed by atoms with Crippen molar-refractivity contribution in [3.05, 3.63) is 46.3 Å². The van der Waals surface area contributed by atoms with E-state index >= 15 is 0 Å². The Morgan fingerprint density at radius 1 is 0.900 bits per heavy atom. The standard InChI is InChI=1S/C26H34N2OS/c1-19-18-24(30-25(19)26(29)28-14-4-5-15-28)22-10-8-20(9-11-22)21-12-16-27(17-13-21)23-6-2-3-7-23/h8-11,18,21,23H,2-7,12-17H2,1H3. The number of carbonyl (C=O) groups excluding carboxylic acids is 1. The van der Waals surface area contributed by atoms with Gasteiger partial charge in [0.15, 0.2) is 0 Å². The van der Waals surface area contributed by atoms with E-state index in [2.05, 4.69) is 42.2 Å². The van der Waals surface area contributed by atoms with E-state index in [0.29, 0.717) is 5.92 Å². The van der Waals surface area contributed by atoms with Gasteiger partial charge in [0.2, 0.25) is 0 Å². The minimum atomic E-state index is 0.229. The molecule has 1 saturated carbocycles. The third-order valence-corrected chi connectivity index (χ3v) is 8.82. The lowest BCUT2D eigenvalue weighted by atomic mass is 9.88. The zero-order valence-electron chi connectivity index (χ0n) is 18.2. The van der Waals surface area contributed by atoms with Crippen LogP contribution in [0.1, 0.15) is 78.1 Å². The van der Waals surface area contributed by atoms with Gasteiger partial charge < -0.3 is 9.80 Å². The Kier molecular flexibility index (Phi) is 5.97.